The molecular weight excluding hydrogens is 472 g/mol. The fraction of sp³-hybridized carbons (Fsp3) is 0.435. The van der Waals surface area contributed by atoms with E-state index in [1.54, 1.807) is 0 Å². The molecule has 0 fully saturated rings. The van der Waals surface area contributed by atoms with E-state index in [4.69, 9.17) is 5.73 Å². The summed E-state index contributed by atoms with van der Waals surface area (Å²) >= 11 is 1.51. The Hall–Kier alpha value is -3.38. The van der Waals surface area contributed by atoms with Gasteiger partial charge in [0.05, 0.1) is 12.4 Å². The Bertz CT molecular complexity index is 972. The van der Waals surface area contributed by atoms with Crippen molar-refractivity contribution >= 4 is 35.5 Å². The maximum atomic E-state index is 12.9. The highest BCUT2D eigenvalue weighted by molar-refractivity contribution is 7.98. The number of rotatable bonds is 14. The molecule has 0 bridgehead atoms. The van der Waals surface area contributed by atoms with Crippen molar-refractivity contribution in [2.75, 3.05) is 12.0 Å². The molecule has 1 heterocycles. The average molecular weight is 505 g/mol. The number of nitrogens with one attached hydrogen (secondary N) is 4. The lowest BCUT2D eigenvalue weighted by Crippen LogP contribution is -2.56. The molecule has 2 aromatic rings. The molecule has 190 valence electrons. The maximum absolute atomic E-state index is 12.9. The van der Waals surface area contributed by atoms with Gasteiger partial charge >= 0.3 is 5.97 Å². The van der Waals surface area contributed by atoms with Gasteiger partial charge in [0, 0.05) is 18.3 Å². The van der Waals surface area contributed by atoms with Crippen molar-refractivity contribution in [3.8, 4) is 0 Å². The molecule has 0 aliphatic carbocycles. The molecule has 12 heteroatoms. The molecule has 3 amide bonds. The lowest BCUT2D eigenvalue weighted by molar-refractivity contribution is -0.142. The number of aromatic amines is 1. The maximum Gasteiger partial charge on any atom is 0.326 e. The van der Waals surface area contributed by atoms with Crippen LogP contribution in [0.25, 0.3) is 0 Å². The second-order valence-electron chi connectivity index (χ2n) is 8.05. The van der Waals surface area contributed by atoms with Gasteiger partial charge in [-0.2, -0.15) is 11.8 Å². The number of benzene rings is 1. The number of carboxylic acids is 1. The van der Waals surface area contributed by atoms with Crippen LogP contribution in [-0.4, -0.2) is 74.9 Å². The summed E-state index contributed by atoms with van der Waals surface area (Å²) in [6.45, 7) is 1.44. The zero-order valence-corrected chi connectivity index (χ0v) is 20.5. The van der Waals surface area contributed by atoms with Crippen LogP contribution in [0.1, 0.15) is 24.6 Å². The Kier molecular flexibility index (Phi) is 11.2. The Balaban J connectivity index is 1.95. The first-order chi connectivity index (χ1) is 16.7. The molecule has 1 aromatic carbocycles. The van der Waals surface area contributed by atoms with Gasteiger partial charge in [-0.3, -0.25) is 14.4 Å². The average Bonchev–Trinajstić information content (AvgIpc) is 3.34. The van der Waals surface area contributed by atoms with Gasteiger partial charge in [-0.15, -0.1) is 0 Å². The van der Waals surface area contributed by atoms with E-state index in [1.165, 1.54) is 31.2 Å². The fourth-order valence-corrected chi connectivity index (χ4v) is 3.71. The van der Waals surface area contributed by atoms with E-state index in [-0.39, 0.29) is 6.42 Å². The number of hydrogen-bond acceptors (Lipinski definition) is 7. The van der Waals surface area contributed by atoms with E-state index in [0.29, 0.717) is 24.3 Å². The lowest BCUT2D eigenvalue weighted by Gasteiger charge is -2.23. The number of amides is 3. The number of thioether (sulfide) groups is 1. The van der Waals surface area contributed by atoms with Gasteiger partial charge in [-0.05, 0) is 37.3 Å². The lowest BCUT2D eigenvalue weighted by atomic mass is 10.1. The molecule has 11 nitrogen and oxygen atoms in total. The number of nitrogens with zero attached hydrogens (tertiary/aromatic N) is 1. The second-order valence-corrected chi connectivity index (χ2v) is 9.04. The van der Waals surface area contributed by atoms with E-state index in [9.17, 15) is 24.3 Å². The first-order valence-corrected chi connectivity index (χ1v) is 12.5. The van der Waals surface area contributed by atoms with Crippen molar-refractivity contribution in [2.24, 2.45) is 5.73 Å². The Morgan fingerprint density at radius 2 is 1.71 bits per heavy atom. The predicted molar refractivity (Wildman–Crippen MR) is 133 cm³/mol. The van der Waals surface area contributed by atoms with Gasteiger partial charge in [0.25, 0.3) is 0 Å². The second kappa shape index (κ2) is 14.1. The molecule has 35 heavy (non-hydrogen) atoms. The van der Waals surface area contributed by atoms with Crippen molar-refractivity contribution in [3.63, 3.8) is 0 Å². The number of aliphatic carboxylic acids is 1. The van der Waals surface area contributed by atoms with Gasteiger partial charge in [0.2, 0.25) is 17.7 Å². The Morgan fingerprint density at radius 1 is 1.03 bits per heavy atom. The van der Waals surface area contributed by atoms with Crippen LogP contribution in [-0.2, 0) is 32.0 Å². The fourth-order valence-electron chi connectivity index (χ4n) is 3.24. The Morgan fingerprint density at radius 3 is 2.31 bits per heavy atom. The number of nitrogens with two attached hydrogens (primary N) is 1. The molecule has 0 saturated heterocycles. The third-order valence-electron chi connectivity index (χ3n) is 5.22. The third kappa shape index (κ3) is 9.41. The topological polar surface area (TPSA) is 179 Å². The van der Waals surface area contributed by atoms with Crippen LogP contribution in [0.3, 0.4) is 0 Å². The predicted octanol–water partition coefficient (Wildman–Crippen LogP) is -0.166. The number of carbonyl (C=O) groups is 4. The van der Waals surface area contributed by atoms with Crippen LogP contribution in [0, 0.1) is 0 Å². The normalized spacial score (nSPS) is 14.3. The van der Waals surface area contributed by atoms with Crippen LogP contribution < -0.4 is 21.7 Å². The summed E-state index contributed by atoms with van der Waals surface area (Å²) in [6.07, 6.45) is 5.41. The number of hydrogen-bond donors (Lipinski definition) is 6. The summed E-state index contributed by atoms with van der Waals surface area (Å²) in [7, 11) is 0. The van der Waals surface area contributed by atoms with E-state index in [2.05, 4.69) is 25.9 Å². The Labute approximate surface area is 208 Å². The zero-order valence-electron chi connectivity index (χ0n) is 19.7. The summed E-state index contributed by atoms with van der Waals surface area (Å²) in [6, 6.07) is 5.32. The summed E-state index contributed by atoms with van der Waals surface area (Å²) in [5.41, 5.74) is 7.48. The van der Waals surface area contributed by atoms with E-state index in [0.717, 1.165) is 5.56 Å². The molecule has 4 unspecified atom stereocenters. The van der Waals surface area contributed by atoms with Gasteiger partial charge in [0.15, 0.2) is 0 Å². The third-order valence-corrected chi connectivity index (χ3v) is 5.87. The molecule has 0 aliphatic rings. The van der Waals surface area contributed by atoms with Gasteiger partial charge in [0.1, 0.15) is 18.1 Å². The SMILES string of the molecule is CSCCC(NC(=O)C(N)Cc1ccccc1)C(=O)NC(C)C(=O)NC(Cc1cnc[nH]1)C(=O)O. The largest absolute Gasteiger partial charge is 0.480 e. The molecule has 0 aliphatic heterocycles. The minimum absolute atomic E-state index is 0.00739. The van der Waals surface area contributed by atoms with E-state index < -0.39 is 47.9 Å². The van der Waals surface area contributed by atoms with E-state index >= 15 is 0 Å². The summed E-state index contributed by atoms with van der Waals surface area (Å²) in [5, 5.41) is 17.1. The van der Waals surface area contributed by atoms with E-state index in [1.807, 2.05) is 36.6 Å². The van der Waals surface area contributed by atoms with Gasteiger partial charge < -0.3 is 31.8 Å². The number of carbonyl (C=O) groups excluding carboxylic acids is 3. The quantitative estimate of drug-likeness (QED) is 0.205. The zero-order chi connectivity index (χ0) is 25.8. The smallest absolute Gasteiger partial charge is 0.326 e. The first-order valence-electron chi connectivity index (χ1n) is 11.1. The van der Waals surface area contributed by atoms with Crippen molar-refractivity contribution in [3.05, 3.63) is 54.1 Å². The molecule has 2 rings (SSSR count). The standard InChI is InChI=1S/C23H32N6O5S/c1-14(20(30)29-19(23(33)34)11-16-12-25-13-26-16)27-22(32)18(8-9-35-2)28-21(31)17(24)10-15-6-4-3-5-7-15/h3-7,12-14,17-19H,8-11,24H2,1-2H3,(H,25,26)(H,27,32)(H,28,31)(H,29,30)(H,33,34). The monoisotopic (exact) mass is 504 g/mol. The van der Waals surface area contributed by atoms with Crippen LogP contribution >= 0.6 is 11.8 Å². The minimum atomic E-state index is -1.22. The molecule has 0 spiro atoms. The van der Waals surface area contributed by atoms with Crippen molar-refractivity contribution in [2.45, 2.75) is 50.4 Å². The highest BCUT2D eigenvalue weighted by atomic mass is 32.2. The molecule has 4 atom stereocenters. The van der Waals surface area contributed by atoms with Gasteiger partial charge in [-0.25, -0.2) is 9.78 Å². The molecular formula is C23H32N6O5S. The minimum Gasteiger partial charge on any atom is -0.480 e. The highest BCUT2D eigenvalue weighted by Gasteiger charge is 2.28. The molecule has 0 saturated carbocycles. The van der Waals surface area contributed by atoms with Crippen LogP contribution in [0.5, 0.6) is 0 Å². The molecule has 0 radical (unpaired) electrons. The van der Waals surface area contributed by atoms with Crippen molar-refractivity contribution in [1.82, 2.24) is 25.9 Å². The number of aromatic nitrogens is 2. The van der Waals surface area contributed by atoms with Crippen LogP contribution in [0.4, 0.5) is 0 Å². The summed E-state index contributed by atoms with van der Waals surface area (Å²) in [4.78, 5) is 56.2. The summed E-state index contributed by atoms with van der Waals surface area (Å²) in [5.74, 6) is -2.32. The first kappa shape index (κ1) is 27.9. The van der Waals surface area contributed by atoms with Crippen LogP contribution in [0.2, 0.25) is 0 Å². The highest BCUT2D eigenvalue weighted by Crippen LogP contribution is 2.06. The van der Waals surface area contributed by atoms with Crippen LogP contribution in [0.15, 0.2) is 42.9 Å². The molecule has 1 aromatic heterocycles. The molecule has 7 N–H and O–H groups in total. The number of carboxylic acid groups (broad SMARTS) is 1. The number of H-pyrrole nitrogens is 1. The van der Waals surface area contributed by atoms with Crippen molar-refractivity contribution in [1.29, 1.82) is 0 Å². The van der Waals surface area contributed by atoms with Crippen molar-refractivity contribution < 1.29 is 24.3 Å². The van der Waals surface area contributed by atoms with Gasteiger partial charge in [-0.1, -0.05) is 30.3 Å². The summed E-state index contributed by atoms with van der Waals surface area (Å²) < 4.78 is 0. The number of imidazole rings is 1.